The number of fused-ring (bicyclic) bond motifs is 1. The van der Waals surface area contributed by atoms with E-state index in [-0.39, 0.29) is 11.4 Å². The van der Waals surface area contributed by atoms with Crippen molar-refractivity contribution in [3.63, 3.8) is 0 Å². The van der Waals surface area contributed by atoms with E-state index in [0.29, 0.717) is 39.8 Å². The van der Waals surface area contributed by atoms with Crippen LogP contribution in [0.2, 0.25) is 0 Å². The second-order valence-corrected chi connectivity index (χ2v) is 10.3. The summed E-state index contributed by atoms with van der Waals surface area (Å²) in [5, 5.41) is 24.5. The number of hydrogen-bond acceptors (Lipinski definition) is 7. The van der Waals surface area contributed by atoms with Crippen LogP contribution in [0.4, 0.5) is 24.8 Å². The number of nitrogens with one attached hydrogen (secondary N) is 1. The Bertz CT molecular complexity index is 1520. The smallest absolute Gasteiger partial charge is 0.416 e. The largest absolute Gasteiger partial charge is 0.478 e. The number of carboxylic acids is 1. The molecule has 1 aromatic carbocycles. The van der Waals surface area contributed by atoms with E-state index in [1.54, 1.807) is 24.4 Å². The number of benzene rings is 1. The lowest BCUT2D eigenvalue weighted by Crippen LogP contribution is -2.27. The standard InChI is InChI=1S/C27H23F3N4O3S/c1-15-10-20(33-23(11-15)34-22-13-18(7-9-31-22)27(28,29)30)21-14-32-25(38-21)26(37)8-3-2-4-16-12-17(24(35)36)5-6-19(16)26/h5-7,9-14,37H,2-4,8H2,1H3,(H,35,36)(H,31,33,34)/t26-/m0/s1. The van der Waals surface area contributed by atoms with Crippen molar-refractivity contribution in [3.05, 3.63) is 87.7 Å². The van der Waals surface area contributed by atoms with Gasteiger partial charge in [-0.05, 0) is 85.7 Å². The summed E-state index contributed by atoms with van der Waals surface area (Å²) < 4.78 is 39.3. The lowest BCUT2D eigenvalue weighted by atomic mass is 9.87. The maximum Gasteiger partial charge on any atom is 0.416 e. The Hall–Kier alpha value is -3.83. The average molecular weight is 541 g/mol. The van der Waals surface area contributed by atoms with E-state index < -0.39 is 23.3 Å². The lowest BCUT2D eigenvalue weighted by Gasteiger charge is -2.27. The molecule has 11 heteroatoms. The van der Waals surface area contributed by atoms with Gasteiger partial charge in [0.2, 0.25) is 0 Å². The van der Waals surface area contributed by atoms with Crippen molar-refractivity contribution < 1.29 is 28.2 Å². The Labute approximate surface area is 220 Å². The van der Waals surface area contributed by atoms with Crippen LogP contribution in [0.1, 0.15) is 56.9 Å². The molecule has 0 fully saturated rings. The Morgan fingerprint density at radius 3 is 2.66 bits per heavy atom. The second-order valence-electron chi connectivity index (χ2n) is 9.24. The van der Waals surface area contributed by atoms with Crippen LogP contribution in [-0.2, 0) is 18.2 Å². The van der Waals surface area contributed by atoms with Gasteiger partial charge in [-0.2, -0.15) is 13.2 Å². The van der Waals surface area contributed by atoms with Gasteiger partial charge in [-0.3, -0.25) is 0 Å². The number of alkyl halides is 3. The zero-order chi connectivity index (χ0) is 27.1. The first-order valence-electron chi connectivity index (χ1n) is 11.9. The Balaban J connectivity index is 1.47. The van der Waals surface area contributed by atoms with E-state index in [1.807, 2.05) is 13.0 Å². The minimum absolute atomic E-state index is 0.0129. The molecule has 0 saturated carbocycles. The number of carboxylic acid groups (broad SMARTS) is 1. The van der Waals surface area contributed by atoms with Gasteiger partial charge in [0.25, 0.3) is 0 Å². The molecule has 0 aliphatic heterocycles. The first-order chi connectivity index (χ1) is 18.0. The number of aliphatic hydroxyl groups is 1. The van der Waals surface area contributed by atoms with Gasteiger partial charge in [0.1, 0.15) is 22.2 Å². The number of aryl methyl sites for hydroxylation is 2. The molecule has 0 amide bonds. The van der Waals surface area contributed by atoms with E-state index >= 15 is 0 Å². The molecule has 1 aliphatic rings. The first-order valence-corrected chi connectivity index (χ1v) is 12.7. The fourth-order valence-corrected chi connectivity index (χ4v) is 5.65. The molecule has 1 aliphatic carbocycles. The van der Waals surface area contributed by atoms with Crippen molar-refractivity contribution in [1.29, 1.82) is 0 Å². The number of carbonyl (C=O) groups is 1. The molecule has 3 heterocycles. The highest BCUT2D eigenvalue weighted by molar-refractivity contribution is 7.15. The summed E-state index contributed by atoms with van der Waals surface area (Å²) in [6.45, 7) is 1.84. The zero-order valence-electron chi connectivity index (χ0n) is 20.2. The molecule has 5 rings (SSSR count). The van der Waals surface area contributed by atoms with Crippen molar-refractivity contribution in [2.45, 2.75) is 44.4 Å². The van der Waals surface area contributed by atoms with E-state index in [9.17, 15) is 28.2 Å². The van der Waals surface area contributed by atoms with E-state index in [2.05, 4.69) is 20.3 Å². The number of aromatic nitrogens is 3. The predicted molar refractivity (Wildman–Crippen MR) is 137 cm³/mol. The van der Waals surface area contributed by atoms with Gasteiger partial charge >= 0.3 is 12.1 Å². The summed E-state index contributed by atoms with van der Waals surface area (Å²) in [5.41, 5.74) is 0.778. The van der Waals surface area contributed by atoms with Crippen molar-refractivity contribution in [2.24, 2.45) is 0 Å². The highest BCUT2D eigenvalue weighted by Crippen LogP contribution is 2.43. The van der Waals surface area contributed by atoms with Gasteiger partial charge in [0.15, 0.2) is 0 Å². The quantitative estimate of drug-likeness (QED) is 0.254. The molecule has 38 heavy (non-hydrogen) atoms. The minimum atomic E-state index is -4.49. The van der Waals surface area contributed by atoms with Gasteiger partial charge in [-0.1, -0.05) is 6.07 Å². The Kier molecular flexibility index (Phi) is 6.66. The number of halogens is 3. The SMILES string of the molecule is Cc1cc(Nc2cc(C(F)(F)F)ccn2)nc(-c2cnc([C@]3(O)CCCCc4cc(C(=O)O)ccc43)s2)c1. The van der Waals surface area contributed by atoms with Crippen LogP contribution in [0.25, 0.3) is 10.6 Å². The first kappa shape index (κ1) is 25.8. The van der Waals surface area contributed by atoms with Gasteiger partial charge in [0.05, 0.1) is 21.7 Å². The summed E-state index contributed by atoms with van der Waals surface area (Å²) in [6, 6.07) is 10.1. The molecule has 7 nitrogen and oxygen atoms in total. The molecule has 0 spiro atoms. The van der Waals surface area contributed by atoms with E-state index in [0.717, 1.165) is 42.3 Å². The molecule has 0 bridgehead atoms. The highest BCUT2D eigenvalue weighted by Gasteiger charge is 2.38. The van der Waals surface area contributed by atoms with E-state index in [1.165, 1.54) is 17.4 Å². The molecule has 196 valence electrons. The highest BCUT2D eigenvalue weighted by atomic mass is 32.1. The number of hydrogen-bond donors (Lipinski definition) is 3. The fourth-order valence-electron chi connectivity index (χ4n) is 4.64. The van der Waals surface area contributed by atoms with Gasteiger partial charge in [-0.15, -0.1) is 11.3 Å². The Morgan fingerprint density at radius 2 is 1.89 bits per heavy atom. The molecular weight excluding hydrogens is 517 g/mol. The summed E-state index contributed by atoms with van der Waals surface area (Å²) in [7, 11) is 0. The fraction of sp³-hybridized carbons (Fsp3) is 0.259. The predicted octanol–water partition coefficient (Wildman–Crippen LogP) is 6.33. The minimum Gasteiger partial charge on any atom is -0.478 e. The molecule has 3 aromatic heterocycles. The molecule has 0 saturated heterocycles. The molecular formula is C27H23F3N4O3S. The van der Waals surface area contributed by atoms with Crippen LogP contribution in [0, 0.1) is 6.92 Å². The normalized spacial score (nSPS) is 17.5. The summed E-state index contributed by atoms with van der Waals surface area (Å²) in [4.78, 5) is 25.2. The molecule has 0 radical (unpaired) electrons. The van der Waals surface area contributed by atoms with Crippen molar-refractivity contribution >= 4 is 28.9 Å². The van der Waals surface area contributed by atoms with Crippen LogP contribution in [0.15, 0.2) is 54.9 Å². The number of nitrogens with zero attached hydrogens (tertiary/aromatic N) is 3. The lowest BCUT2D eigenvalue weighted by molar-refractivity contribution is -0.137. The van der Waals surface area contributed by atoms with Crippen molar-refractivity contribution in [1.82, 2.24) is 15.0 Å². The van der Waals surface area contributed by atoms with Gasteiger partial charge in [-0.25, -0.2) is 19.7 Å². The van der Waals surface area contributed by atoms with Crippen LogP contribution in [0.3, 0.4) is 0 Å². The average Bonchev–Trinajstić information content (AvgIpc) is 3.30. The number of pyridine rings is 2. The summed E-state index contributed by atoms with van der Waals surface area (Å²) in [6.07, 6.45) is 0.863. The van der Waals surface area contributed by atoms with Gasteiger partial charge < -0.3 is 15.5 Å². The number of anilines is 2. The summed E-state index contributed by atoms with van der Waals surface area (Å²) in [5.74, 6) is -0.687. The zero-order valence-corrected chi connectivity index (χ0v) is 21.0. The topological polar surface area (TPSA) is 108 Å². The van der Waals surface area contributed by atoms with E-state index in [4.69, 9.17) is 0 Å². The Morgan fingerprint density at radius 1 is 1.08 bits per heavy atom. The third-order valence-electron chi connectivity index (χ3n) is 6.46. The third kappa shape index (κ3) is 5.11. The van der Waals surface area contributed by atoms with Gasteiger partial charge in [0, 0.05) is 12.4 Å². The van der Waals surface area contributed by atoms with Crippen LogP contribution >= 0.6 is 11.3 Å². The molecule has 1 atom stereocenters. The maximum atomic E-state index is 13.1. The molecule has 3 N–H and O–H groups in total. The molecule has 4 aromatic rings. The number of rotatable bonds is 5. The van der Waals surface area contributed by atoms with Crippen LogP contribution < -0.4 is 5.32 Å². The number of aromatic carboxylic acids is 1. The molecule has 0 unspecified atom stereocenters. The van der Waals surface area contributed by atoms with Crippen LogP contribution in [-0.4, -0.2) is 31.1 Å². The number of thiazole rings is 1. The van der Waals surface area contributed by atoms with Crippen molar-refractivity contribution in [3.8, 4) is 10.6 Å². The monoisotopic (exact) mass is 540 g/mol. The van der Waals surface area contributed by atoms with Crippen LogP contribution in [0.5, 0.6) is 0 Å². The maximum absolute atomic E-state index is 13.1. The van der Waals surface area contributed by atoms with Crippen molar-refractivity contribution in [2.75, 3.05) is 5.32 Å². The summed E-state index contributed by atoms with van der Waals surface area (Å²) >= 11 is 1.27. The third-order valence-corrected chi connectivity index (χ3v) is 7.63. The second kappa shape index (κ2) is 9.80.